The predicted molar refractivity (Wildman–Crippen MR) is 68.3 cm³/mol. The summed E-state index contributed by atoms with van der Waals surface area (Å²) in [5.41, 5.74) is 1.64. The van der Waals surface area contributed by atoms with Gasteiger partial charge in [0.05, 0.1) is 0 Å². The Labute approximate surface area is 101 Å². The zero-order chi connectivity index (χ0) is 12.5. The van der Waals surface area contributed by atoms with Crippen molar-refractivity contribution in [2.45, 2.75) is 19.3 Å². The van der Waals surface area contributed by atoms with Crippen molar-refractivity contribution >= 4 is 0 Å². The highest BCUT2D eigenvalue weighted by molar-refractivity contribution is 5.48. The molecular weight excluding hydrogens is 212 g/mol. The van der Waals surface area contributed by atoms with E-state index in [1.807, 2.05) is 30.3 Å². The summed E-state index contributed by atoms with van der Waals surface area (Å²) in [5.74, 6) is 0.203. The van der Waals surface area contributed by atoms with Gasteiger partial charge < -0.3 is 10.2 Å². The summed E-state index contributed by atoms with van der Waals surface area (Å²) in [6, 6.07) is 14.7. The van der Waals surface area contributed by atoms with Crippen LogP contribution in [0.25, 0.3) is 0 Å². The molecule has 17 heavy (non-hydrogen) atoms. The minimum Gasteiger partial charge on any atom is -0.508 e. The van der Waals surface area contributed by atoms with Gasteiger partial charge in [0.25, 0.3) is 0 Å². The molecule has 2 heteroatoms. The van der Waals surface area contributed by atoms with Crippen molar-refractivity contribution in [2.75, 3.05) is 0 Å². The van der Waals surface area contributed by atoms with E-state index < -0.39 is 0 Å². The highest BCUT2D eigenvalue weighted by Crippen LogP contribution is 2.37. The molecule has 2 aromatic rings. The number of phenols is 2. The Morgan fingerprint density at radius 1 is 0.882 bits per heavy atom. The molecule has 0 fully saturated rings. The lowest BCUT2D eigenvalue weighted by Crippen LogP contribution is -2.18. The first kappa shape index (κ1) is 11.5. The van der Waals surface area contributed by atoms with Crippen molar-refractivity contribution in [3.63, 3.8) is 0 Å². The van der Waals surface area contributed by atoms with E-state index in [9.17, 15) is 10.2 Å². The number of benzene rings is 2. The van der Waals surface area contributed by atoms with Gasteiger partial charge in [0.15, 0.2) is 0 Å². The van der Waals surface area contributed by atoms with Crippen LogP contribution in [-0.2, 0) is 5.41 Å². The fourth-order valence-corrected chi connectivity index (χ4v) is 2.06. The van der Waals surface area contributed by atoms with Crippen LogP contribution in [-0.4, -0.2) is 10.2 Å². The molecule has 88 valence electrons. The van der Waals surface area contributed by atoms with Gasteiger partial charge in [0.1, 0.15) is 11.5 Å². The predicted octanol–water partition coefficient (Wildman–Crippen LogP) is 3.42. The zero-order valence-electron chi connectivity index (χ0n) is 10.0. The lowest BCUT2D eigenvalue weighted by molar-refractivity contribution is 0.436. The summed E-state index contributed by atoms with van der Waals surface area (Å²) in [6.07, 6.45) is 0. The third kappa shape index (κ3) is 2.11. The van der Waals surface area contributed by atoms with Crippen LogP contribution in [0.4, 0.5) is 0 Å². The first-order chi connectivity index (χ1) is 8.01. The summed E-state index contributed by atoms with van der Waals surface area (Å²) >= 11 is 0. The smallest absolute Gasteiger partial charge is 0.123 e. The van der Waals surface area contributed by atoms with E-state index in [0.717, 1.165) is 11.1 Å². The Morgan fingerprint density at radius 3 is 2.12 bits per heavy atom. The summed E-state index contributed by atoms with van der Waals surface area (Å²) in [6.45, 7) is 4.10. The average Bonchev–Trinajstić information content (AvgIpc) is 2.29. The molecule has 2 rings (SSSR count). The van der Waals surface area contributed by atoms with Crippen molar-refractivity contribution in [3.05, 3.63) is 59.7 Å². The van der Waals surface area contributed by atoms with E-state index in [2.05, 4.69) is 13.8 Å². The second kappa shape index (κ2) is 4.13. The van der Waals surface area contributed by atoms with Crippen molar-refractivity contribution in [3.8, 4) is 11.5 Å². The van der Waals surface area contributed by atoms with E-state index in [1.54, 1.807) is 12.1 Å². The van der Waals surface area contributed by atoms with Crippen LogP contribution in [0.2, 0.25) is 0 Å². The highest BCUT2D eigenvalue weighted by Gasteiger charge is 2.25. The summed E-state index contributed by atoms with van der Waals surface area (Å²) in [5, 5.41) is 19.2. The molecular formula is C15H16O2. The van der Waals surface area contributed by atoms with Gasteiger partial charge in [-0.1, -0.05) is 50.2 Å². The molecule has 0 heterocycles. The number of hydrogen-bond donors (Lipinski definition) is 2. The summed E-state index contributed by atoms with van der Waals surface area (Å²) < 4.78 is 0. The Kier molecular flexibility index (Phi) is 2.80. The maximum absolute atomic E-state index is 9.93. The number of hydrogen-bond acceptors (Lipinski definition) is 2. The molecule has 2 nitrogen and oxygen atoms in total. The molecule has 0 spiro atoms. The lowest BCUT2D eigenvalue weighted by atomic mass is 9.78. The number of phenolic OH excluding ortho intramolecular Hbond substituents is 2. The molecule has 0 aliphatic rings. The molecule has 0 amide bonds. The Balaban J connectivity index is 2.52. The van der Waals surface area contributed by atoms with Gasteiger partial charge >= 0.3 is 0 Å². The van der Waals surface area contributed by atoms with Gasteiger partial charge in [-0.2, -0.15) is 0 Å². The molecule has 2 N–H and O–H groups in total. The van der Waals surface area contributed by atoms with Crippen molar-refractivity contribution in [1.29, 1.82) is 0 Å². The van der Waals surface area contributed by atoms with Gasteiger partial charge in [-0.25, -0.2) is 0 Å². The molecule has 0 aliphatic heterocycles. The molecule has 0 radical (unpaired) electrons. The Hall–Kier alpha value is -1.96. The van der Waals surface area contributed by atoms with Crippen LogP contribution in [0.5, 0.6) is 11.5 Å². The van der Waals surface area contributed by atoms with E-state index in [4.69, 9.17) is 0 Å². The van der Waals surface area contributed by atoms with Gasteiger partial charge in [0.2, 0.25) is 0 Å². The van der Waals surface area contributed by atoms with Crippen LogP contribution in [0.3, 0.4) is 0 Å². The highest BCUT2D eigenvalue weighted by atomic mass is 16.3. The van der Waals surface area contributed by atoms with Gasteiger partial charge in [0, 0.05) is 17.0 Å². The lowest BCUT2D eigenvalue weighted by Gasteiger charge is -2.26. The maximum atomic E-state index is 9.93. The fourth-order valence-electron chi connectivity index (χ4n) is 2.06. The Morgan fingerprint density at radius 2 is 1.53 bits per heavy atom. The minimum atomic E-state index is -0.293. The van der Waals surface area contributed by atoms with E-state index in [0.29, 0.717) is 0 Å². The maximum Gasteiger partial charge on any atom is 0.123 e. The molecule has 0 atom stereocenters. The summed E-state index contributed by atoms with van der Waals surface area (Å²) in [4.78, 5) is 0. The third-order valence-corrected chi connectivity index (χ3v) is 3.15. The fraction of sp³-hybridized carbons (Fsp3) is 0.200. The Bertz CT molecular complexity index is 516. The second-order valence-electron chi connectivity index (χ2n) is 4.69. The van der Waals surface area contributed by atoms with Crippen LogP contribution in [0.1, 0.15) is 25.0 Å². The molecule has 0 unspecified atom stereocenters. The van der Waals surface area contributed by atoms with E-state index >= 15 is 0 Å². The largest absolute Gasteiger partial charge is 0.508 e. The molecule has 0 bridgehead atoms. The molecule has 0 saturated carbocycles. The molecule has 0 aromatic heterocycles. The monoisotopic (exact) mass is 228 g/mol. The van der Waals surface area contributed by atoms with Gasteiger partial charge in [-0.3, -0.25) is 0 Å². The van der Waals surface area contributed by atoms with E-state index in [1.165, 1.54) is 6.07 Å². The standard InChI is InChI=1S/C15H16O2/c1-15(2,11-6-4-3-5-7-11)13-9-8-12(16)10-14(13)17/h3-10,16-17H,1-2H3. The zero-order valence-corrected chi connectivity index (χ0v) is 10.0. The van der Waals surface area contributed by atoms with Crippen molar-refractivity contribution in [1.82, 2.24) is 0 Å². The number of aromatic hydroxyl groups is 2. The van der Waals surface area contributed by atoms with E-state index in [-0.39, 0.29) is 16.9 Å². The number of rotatable bonds is 2. The van der Waals surface area contributed by atoms with Crippen LogP contribution in [0.15, 0.2) is 48.5 Å². The SMILES string of the molecule is CC(C)(c1ccccc1)c1ccc(O)cc1O. The average molecular weight is 228 g/mol. The third-order valence-electron chi connectivity index (χ3n) is 3.15. The quantitative estimate of drug-likeness (QED) is 0.826. The van der Waals surface area contributed by atoms with Crippen LogP contribution >= 0.6 is 0 Å². The summed E-state index contributed by atoms with van der Waals surface area (Å²) in [7, 11) is 0. The molecule has 2 aromatic carbocycles. The normalized spacial score (nSPS) is 11.4. The minimum absolute atomic E-state index is 0.0788. The van der Waals surface area contributed by atoms with Crippen molar-refractivity contribution in [2.24, 2.45) is 0 Å². The molecule has 0 aliphatic carbocycles. The van der Waals surface area contributed by atoms with Crippen LogP contribution in [0, 0.1) is 0 Å². The van der Waals surface area contributed by atoms with Gasteiger partial charge in [-0.05, 0) is 11.6 Å². The van der Waals surface area contributed by atoms with Gasteiger partial charge in [-0.15, -0.1) is 0 Å². The van der Waals surface area contributed by atoms with Crippen molar-refractivity contribution < 1.29 is 10.2 Å². The topological polar surface area (TPSA) is 40.5 Å². The second-order valence-corrected chi connectivity index (χ2v) is 4.69. The first-order valence-corrected chi connectivity index (χ1v) is 5.60. The first-order valence-electron chi connectivity index (χ1n) is 5.60. The van der Waals surface area contributed by atoms with Crippen LogP contribution < -0.4 is 0 Å². The molecule has 0 saturated heterocycles.